The summed E-state index contributed by atoms with van der Waals surface area (Å²) in [7, 11) is 0. The van der Waals surface area contributed by atoms with Crippen molar-refractivity contribution in [2.24, 2.45) is 11.7 Å². The summed E-state index contributed by atoms with van der Waals surface area (Å²) in [5, 5.41) is 0. The summed E-state index contributed by atoms with van der Waals surface area (Å²) in [5.74, 6) is 0.400. The van der Waals surface area contributed by atoms with Crippen LogP contribution in [0.5, 0.6) is 0 Å². The average Bonchev–Trinajstić information content (AvgIpc) is 1.98. The van der Waals surface area contributed by atoms with Crippen molar-refractivity contribution in [2.45, 2.75) is 46.1 Å². The Labute approximate surface area is 74.3 Å². The number of rotatable bonds is 5. The Bertz CT molecular complexity index is 136. The van der Waals surface area contributed by atoms with Crippen LogP contribution in [0.25, 0.3) is 0 Å². The minimum absolute atomic E-state index is 0.0611. The second-order valence-electron chi connectivity index (χ2n) is 3.26. The van der Waals surface area contributed by atoms with Crippen LogP contribution in [0.4, 0.5) is 4.79 Å². The molecule has 12 heavy (non-hydrogen) atoms. The number of hydrogen-bond acceptors (Lipinski definition) is 2. The van der Waals surface area contributed by atoms with E-state index in [4.69, 9.17) is 10.5 Å². The van der Waals surface area contributed by atoms with E-state index in [9.17, 15) is 4.79 Å². The van der Waals surface area contributed by atoms with Gasteiger partial charge in [0.1, 0.15) is 6.10 Å². The summed E-state index contributed by atoms with van der Waals surface area (Å²) in [6.45, 7) is 6.10. The van der Waals surface area contributed by atoms with E-state index in [-0.39, 0.29) is 6.10 Å². The first-order valence-electron chi connectivity index (χ1n) is 4.54. The maximum atomic E-state index is 10.4. The van der Waals surface area contributed by atoms with Gasteiger partial charge in [-0.2, -0.15) is 0 Å². The van der Waals surface area contributed by atoms with Crippen LogP contribution < -0.4 is 5.73 Å². The van der Waals surface area contributed by atoms with Gasteiger partial charge in [0.05, 0.1) is 0 Å². The lowest BCUT2D eigenvalue weighted by molar-refractivity contribution is 0.0817. The third kappa shape index (κ3) is 4.99. The van der Waals surface area contributed by atoms with E-state index in [2.05, 4.69) is 13.8 Å². The van der Waals surface area contributed by atoms with Crippen molar-refractivity contribution in [2.75, 3.05) is 0 Å². The van der Waals surface area contributed by atoms with Crippen LogP contribution in [0, 0.1) is 5.92 Å². The van der Waals surface area contributed by atoms with Gasteiger partial charge in [-0.25, -0.2) is 4.79 Å². The highest BCUT2D eigenvalue weighted by Gasteiger charge is 2.14. The number of primary amides is 1. The van der Waals surface area contributed by atoms with Crippen molar-refractivity contribution >= 4 is 6.09 Å². The fraction of sp³-hybridized carbons (Fsp3) is 0.889. The molecule has 2 atom stereocenters. The van der Waals surface area contributed by atoms with Crippen LogP contribution in [0.1, 0.15) is 40.0 Å². The lowest BCUT2D eigenvalue weighted by atomic mass is 9.99. The molecule has 0 radical (unpaired) electrons. The number of unbranched alkanes of at least 4 members (excludes halogenated alkanes) is 1. The van der Waals surface area contributed by atoms with Crippen LogP contribution in [0.3, 0.4) is 0 Å². The highest BCUT2D eigenvalue weighted by molar-refractivity contribution is 5.64. The smallest absolute Gasteiger partial charge is 0.404 e. The van der Waals surface area contributed by atoms with Gasteiger partial charge in [0.25, 0.3) is 0 Å². The van der Waals surface area contributed by atoms with Crippen molar-refractivity contribution in [3.05, 3.63) is 0 Å². The molecule has 0 spiro atoms. The monoisotopic (exact) mass is 173 g/mol. The summed E-state index contributed by atoms with van der Waals surface area (Å²) >= 11 is 0. The summed E-state index contributed by atoms with van der Waals surface area (Å²) in [6.07, 6.45) is 2.70. The minimum Gasteiger partial charge on any atom is -0.446 e. The van der Waals surface area contributed by atoms with Crippen LogP contribution in [0.15, 0.2) is 0 Å². The molecule has 2 N–H and O–H groups in total. The third-order valence-corrected chi connectivity index (χ3v) is 2.12. The number of carbonyl (C=O) groups excluding carboxylic acids is 1. The van der Waals surface area contributed by atoms with Crippen LogP contribution in [-0.2, 0) is 4.74 Å². The zero-order valence-corrected chi connectivity index (χ0v) is 8.17. The van der Waals surface area contributed by atoms with E-state index < -0.39 is 6.09 Å². The van der Waals surface area contributed by atoms with E-state index in [0.717, 1.165) is 6.42 Å². The van der Waals surface area contributed by atoms with E-state index in [0.29, 0.717) is 5.92 Å². The fourth-order valence-electron chi connectivity index (χ4n) is 1.06. The van der Waals surface area contributed by atoms with Gasteiger partial charge >= 0.3 is 6.09 Å². The number of amides is 1. The van der Waals surface area contributed by atoms with E-state index in [1.807, 2.05) is 6.92 Å². The predicted octanol–water partition coefficient (Wildman–Crippen LogP) is 2.30. The first-order valence-corrected chi connectivity index (χ1v) is 4.54. The molecule has 0 aromatic carbocycles. The van der Waals surface area contributed by atoms with E-state index >= 15 is 0 Å². The van der Waals surface area contributed by atoms with Gasteiger partial charge in [-0.15, -0.1) is 0 Å². The summed E-state index contributed by atoms with van der Waals surface area (Å²) in [4.78, 5) is 10.4. The molecule has 0 bridgehead atoms. The molecule has 72 valence electrons. The van der Waals surface area contributed by atoms with Gasteiger partial charge in [-0.05, 0) is 19.3 Å². The van der Waals surface area contributed by atoms with E-state index in [1.165, 1.54) is 12.8 Å². The molecule has 3 heteroatoms. The minimum atomic E-state index is -0.675. The summed E-state index contributed by atoms with van der Waals surface area (Å²) < 4.78 is 4.85. The number of carbonyl (C=O) groups is 1. The first kappa shape index (κ1) is 11.3. The predicted molar refractivity (Wildman–Crippen MR) is 48.8 cm³/mol. The molecule has 0 aliphatic carbocycles. The maximum absolute atomic E-state index is 10.4. The number of ether oxygens (including phenoxy) is 1. The molecule has 0 aliphatic rings. The molecule has 1 amide bonds. The first-order chi connectivity index (χ1) is 5.57. The third-order valence-electron chi connectivity index (χ3n) is 2.12. The highest BCUT2D eigenvalue weighted by atomic mass is 16.6. The zero-order valence-electron chi connectivity index (χ0n) is 8.17. The van der Waals surface area contributed by atoms with Gasteiger partial charge in [0.15, 0.2) is 0 Å². The highest BCUT2D eigenvalue weighted by Crippen LogP contribution is 2.14. The molecule has 0 saturated heterocycles. The van der Waals surface area contributed by atoms with Gasteiger partial charge in [0, 0.05) is 0 Å². The topological polar surface area (TPSA) is 52.3 Å². The number of hydrogen-bond donors (Lipinski definition) is 1. The Kier molecular flexibility index (Phi) is 5.51. The van der Waals surface area contributed by atoms with Gasteiger partial charge < -0.3 is 10.5 Å². The van der Waals surface area contributed by atoms with Crippen LogP contribution in [0.2, 0.25) is 0 Å². The van der Waals surface area contributed by atoms with Crippen molar-refractivity contribution in [1.82, 2.24) is 0 Å². The average molecular weight is 173 g/mol. The molecule has 0 aromatic rings. The molecular weight excluding hydrogens is 154 g/mol. The summed E-state index contributed by atoms with van der Waals surface area (Å²) in [6, 6.07) is 0. The largest absolute Gasteiger partial charge is 0.446 e. The van der Waals surface area contributed by atoms with Gasteiger partial charge in [-0.1, -0.05) is 26.7 Å². The van der Waals surface area contributed by atoms with E-state index in [1.54, 1.807) is 0 Å². The summed E-state index contributed by atoms with van der Waals surface area (Å²) in [5.41, 5.74) is 4.90. The van der Waals surface area contributed by atoms with Crippen molar-refractivity contribution < 1.29 is 9.53 Å². The van der Waals surface area contributed by atoms with Gasteiger partial charge in [-0.3, -0.25) is 0 Å². The number of nitrogens with two attached hydrogens (primary N) is 1. The lowest BCUT2D eigenvalue weighted by Gasteiger charge is -2.18. The second-order valence-corrected chi connectivity index (χ2v) is 3.26. The molecule has 0 fully saturated rings. The Balaban J connectivity index is 3.60. The Morgan fingerprint density at radius 3 is 2.50 bits per heavy atom. The zero-order chi connectivity index (χ0) is 9.56. The standard InChI is InChI=1S/C9H19NO2/c1-4-5-6-7(2)8(3)12-9(10)11/h7-8H,4-6H2,1-3H3,(H2,10,11). The Hall–Kier alpha value is -0.730. The van der Waals surface area contributed by atoms with Crippen LogP contribution >= 0.6 is 0 Å². The van der Waals surface area contributed by atoms with Gasteiger partial charge in [0.2, 0.25) is 0 Å². The lowest BCUT2D eigenvalue weighted by Crippen LogP contribution is -2.25. The molecule has 0 heterocycles. The van der Waals surface area contributed by atoms with Crippen LogP contribution in [-0.4, -0.2) is 12.2 Å². The fourth-order valence-corrected chi connectivity index (χ4v) is 1.06. The van der Waals surface area contributed by atoms with Crippen molar-refractivity contribution in [3.8, 4) is 0 Å². The molecule has 0 rings (SSSR count). The quantitative estimate of drug-likeness (QED) is 0.693. The maximum Gasteiger partial charge on any atom is 0.404 e. The van der Waals surface area contributed by atoms with Crippen molar-refractivity contribution in [3.63, 3.8) is 0 Å². The molecule has 0 aromatic heterocycles. The molecular formula is C9H19NO2. The Morgan fingerprint density at radius 1 is 1.50 bits per heavy atom. The normalized spacial score (nSPS) is 15.2. The second kappa shape index (κ2) is 5.86. The molecule has 3 nitrogen and oxygen atoms in total. The molecule has 0 aliphatic heterocycles. The SMILES string of the molecule is CCCCC(C)C(C)OC(N)=O. The van der Waals surface area contributed by atoms with Crippen molar-refractivity contribution in [1.29, 1.82) is 0 Å². The Morgan fingerprint density at radius 2 is 2.08 bits per heavy atom. The molecule has 0 saturated carbocycles. The molecule has 2 unspecified atom stereocenters.